The maximum absolute atomic E-state index is 12.5. The van der Waals surface area contributed by atoms with Crippen molar-refractivity contribution >= 4 is 29.8 Å². The van der Waals surface area contributed by atoms with Gasteiger partial charge in [-0.1, -0.05) is 30.4 Å². The number of phenols is 1. The molecule has 0 unspecified atom stereocenters. The van der Waals surface area contributed by atoms with Gasteiger partial charge in [0.15, 0.2) is 11.5 Å². The summed E-state index contributed by atoms with van der Waals surface area (Å²) in [6.45, 7) is 0. The molecule has 0 saturated heterocycles. The third-order valence-corrected chi connectivity index (χ3v) is 5.01. The van der Waals surface area contributed by atoms with Gasteiger partial charge in [-0.3, -0.25) is 4.79 Å². The highest BCUT2D eigenvalue weighted by Gasteiger charge is 2.12. The summed E-state index contributed by atoms with van der Waals surface area (Å²) in [7, 11) is 6.25. The van der Waals surface area contributed by atoms with Gasteiger partial charge in [0.2, 0.25) is 11.7 Å². The molecular weight excluding hydrogens is 434 g/mol. The van der Waals surface area contributed by atoms with Crippen LogP contribution in [0.1, 0.15) is 16.7 Å². The van der Waals surface area contributed by atoms with E-state index in [0.717, 1.165) is 11.1 Å². The highest BCUT2D eigenvalue weighted by atomic mass is 16.5. The minimum atomic E-state index is -0.337. The van der Waals surface area contributed by atoms with Crippen molar-refractivity contribution in [3.8, 4) is 28.7 Å². The number of ether oxygens (including phenoxy) is 4. The first kappa shape index (κ1) is 24.3. The second-order valence-electron chi connectivity index (χ2n) is 7.13. The highest BCUT2D eigenvalue weighted by molar-refractivity contribution is 6.03. The first-order valence-corrected chi connectivity index (χ1v) is 10.4. The normalized spacial score (nSPS) is 10.9. The number of hydrogen-bond donors (Lipinski definition) is 2. The van der Waals surface area contributed by atoms with Crippen molar-refractivity contribution in [2.75, 3.05) is 33.8 Å². The van der Waals surface area contributed by atoms with Crippen LogP contribution in [0, 0.1) is 0 Å². The molecule has 0 saturated carbocycles. The van der Waals surface area contributed by atoms with E-state index in [9.17, 15) is 9.90 Å². The Hall–Kier alpha value is -4.39. The van der Waals surface area contributed by atoms with Gasteiger partial charge in [-0.05, 0) is 48.0 Å². The second kappa shape index (κ2) is 11.5. The Morgan fingerprint density at radius 1 is 0.794 bits per heavy atom. The number of aromatic hydroxyl groups is 1. The summed E-state index contributed by atoms with van der Waals surface area (Å²) in [5.74, 6) is 1.99. The molecule has 0 aromatic heterocycles. The molecule has 2 N–H and O–H groups in total. The number of carbonyl (C=O) groups excluding carboxylic acids is 1. The van der Waals surface area contributed by atoms with Crippen LogP contribution in [0.4, 0.5) is 5.69 Å². The molecule has 0 spiro atoms. The molecule has 34 heavy (non-hydrogen) atoms. The molecule has 0 aliphatic rings. The average Bonchev–Trinajstić information content (AvgIpc) is 2.86. The number of methoxy groups -OCH3 is 4. The maximum Gasteiger partial charge on any atom is 0.248 e. The zero-order valence-corrected chi connectivity index (χ0v) is 19.5. The molecule has 1 amide bonds. The summed E-state index contributed by atoms with van der Waals surface area (Å²) in [5, 5.41) is 12.7. The standard InChI is InChI=1S/C27H27NO6/c1-31-21-12-13-22(28-26(30)14-11-19-7-5-6-8-23(19)29)20(17-21)10-9-18-15-24(32-2)27(34-4)25(16-18)33-3/h5-17,29H,1-4H3,(H,28,30)/b10-9+,14-11+. The molecule has 176 valence electrons. The molecule has 3 rings (SSSR count). The summed E-state index contributed by atoms with van der Waals surface area (Å²) in [6, 6.07) is 15.8. The monoisotopic (exact) mass is 461 g/mol. The van der Waals surface area contributed by atoms with Gasteiger partial charge in [-0.25, -0.2) is 0 Å². The van der Waals surface area contributed by atoms with Gasteiger partial charge in [0.25, 0.3) is 0 Å². The number of nitrogens with one attached hydrogen (secondary N) is 1. The number of rotatable bonds is 9. The number of phenolic OH excluding ortho intramolecular Hbond substituents is 1. The summed E-state index contributed by atoms with van der Waals surface area (Å²) < 4.78 is 21.5. The van der Waals surface area contributed by atoms with Crippen LogP contribution in [0.15, 0.2) is 60.7 Å². The van der Waals surface area contributed by atoms with Crippen LogP contribution in [0.3, 0.4) is 0 Å². The molecule has 0 radical (unpaired) electrons. The van der Waals surface area contributed by atoms with E-state index in [0.29, 0.717) is 34.2 Å². The molecule has 0 heterocycles. The molecule has 0 atom stereocenters. The number of hydrogen-bond acceptors (Lipinski definition) is 6. The Bertz CT molecular complexity index is 1190. The van der Waals surface area contributed by atoms with Crippen molar-refractivity contribution in [2.24, 2.45) is 0 Å². The number of para-hydroxylation sites is 1. The van der Waals surface area contributed by atoms with Crippen LogP contribution in [-0.4, -0.2) is 39.5 Å². The summed E-state index contributed by atoms with van der Waals surface area (Å²) in [4.78, 5) is 12.5. The van der Waals surface area contributed by atoms with Crippen LogP contribution < -0.4 is 24.3 Å². The van der Waals surface area contributed by atoms with Crippen LogP contribution in [0.5, 0.6) is 28.7 Å². The van der Waals surface area contributed by atoms with Crippen LogP contribution in [0.25, 0.3) is 18.2 Å². The van der Waals surface area contributed by atoms with E-state index in [-0.39, 0.29) is 11.7 Å². The lowest BCUT2D eigenvalue weighted by Crippen LogP contribution is -2.09. The van der Waals surface area contributed by atoms with Gasteiger partial charge in [0.05, 0.1) is 28.4 Å². The van der Waals surface area contributed by atoms with Crippen molar-refractivity contribution in [1.82, 2.24) is 0 Å². The van der Waals surface area contributed by atoms with Crippen molar-refractivity contribution in [2.45, 2.75) is 0 Å². The molecule has 3 aromatic rings. The Labute approximate surface area is 198 Å². The topological polar surface area (TPSA) is 86.3 Å². The average molecular weight is 462 g/mol. The number of benzene rings is 3. The lowest BCUT2D eigenvalue weighted by atomic mass is 10.1. The van der Waals surface area contributed by atoms with E-state index >= 15 is 0 Å². The first-order valence-electron chi connectivity index (χ1n) is 10.4. The second-order valence-corrected chi connectivity index (χ2v) is 7.13. The fourth-order valence-electron chi connectivity index (χ4n) is 3.27. The van der Waals surface area contributed by atoms with Gasteiger partial charge >= 0.3 is 0 Å². The summed E-state index contributed by atoms with van der Waals surface area (Å²) >= 11 is 0. The van der Waals surface area contributed by atoms with Crippen molar-refractivity contribution in [3.63, 3.8) is 0 Å². The fraction of sp³-hybridized carbons (Fsp3) is 0.148. The lowest BCUT2D eigenvalue weighted by Gasteiger charge is -2.13. The van der Waals surface area contributed by atoms with Crippen LogP contribution in [0.2, 0.25) is 0 Å². The largest absolute Gasteiger partial charge is 0.507 e. The third kappa shape index (κ3) is 5.89. The summed E-state index contributed by atoms with van der Waals surface area (Å²) in [5.41, 5.74) is 2.69. The maximum atomic E-state index is 12.5. The van der Waals surface area contributed by atoms with Crippen molar-refractivity contribution < 1.29 is 28.8 Å². The SMILES string of the molecule is COc1ccc(NC(=O)/C=C/c2ccccc2O)c(/C=C/c2cc(OC)c(OC)c(OC)c2)c1. The molecule has 0 aliphatic carbocycles. The Morgan fingerprint density at radius 3 is 2.12 bits per heavy atom. The Kier molecular flexibility index (Phi) is 8.18. The van der Waals surface area contributed by atoms with Gasteiger partial charge in [-0.15, -0.1) is 0 Å². The number of anilines is 1. The van der Waals surface area contributed by atoms with E-state index in [1.807, 2.05) is 30.4 Å². The van der Waals surface area contributed by atoms with Gasteiger partial charge in [-0.2, -0.15) is 0 Å². The predicted octanol–water partition coefficient (Wildman–Crippen LogP) is 5.25. The van der Waals surface area contributed by atoms with Gasteiger partial charge < -0.3 is 29.4 Å². The van der Waals surface area contributed by atoms with Crippen LogP contribution >= 0.6 is 0 Å². The molecule has 7 nitrogen and oxygen atoms in total. The minimum Gasteiger partial charge on any atom is -0.507 e. The smallest absolute Gasteiger partial charge is 0.248 e. The van der Waals surface area contributed by atoms with E-state index in [1.54, 1.807) is 70.9 Å². The van der Waals surface area contributed by atoms with Gasteiger partial charge in [0, 0.05) is 22.9 Å². The van der Waals surface area contributed by atoms with Crippen LogP contribution in [-0.2, 0) is 4.79 Å². The zero-order valence-electron chi connectivity index (χ0n) is 19.5. The number of carbonyl (C=O) groups is 1. The Balaban J connectivity index is 1.88. The Morgan fingerprint density at radius 2 is 1.50 bits per heavy atom. The number of amides is 1. The highest BCUT2D eigenvalue weighted by Crippen LogP contribution is 2.38. The minimum absolute atomic E-state index is 0.102. The molecule has 0 fully saturated rings. The van der Waals surface area contributed by atoms with E-state index in [4.69, 9.17) is 18.9 Å². The molecule has 0 bridgehead atoms. The third-order valence-electron chi connectivity index (χ3n) is 5.01. The van der Waals surface area contributed by atoms with E-state index in [2.05, 4.69) is 5.32 Å². The molecule has 0 aliphatic heterocycles. The quantitative estimate of drug-likeness (QED) is 0.334. The molecular formula is C27H27NO6. The zero-order chi connectivity index (χ0) is 24.5. The molecule has 7 heteroatoms. The van der Waals surface area contributed by atoms with Crippen molar-refractivity contribution in [1.29, 1.82) is 0 Å². The van der Waals surface area contributed by atoms with Crippen molar-refractivity contribution in [3.05, 3.63) is 77.4 Å². The first-order chi connectivity index (χ1) is 16.5. The predicted molar refractivity (Wildman–Crippen MR) is 134 cm³/mol. The summed E-state index contributed by atoms with van der Waals surface area (Å²) in [6.07, 6.45) is 6.64. The van der Waals surface area contributed by atoms with E-state index < -0.39 is 0 Å². The van der Waals surface area contributed by atoms with Gasteiger partial charge in [0.1, 0.15) is 11.5 Å². The molecule has 3 aromatic carbocycles. The fourth-order valence-corrected chi connectivity index (χ4v) is 3.27. The van der Waals surface area contributed by atoms with E-state index in [1.165, 1.54) is 6.08 Å². The lowest BCUT2D eigenvalue weighted by molar-refractivity contribution is -0.111.